The van der Waals surface area contributed by atoms with Gasteiger partial charge in [-0.25, -0.2) is 0 Å². The van der Waals surface area contributed by atoms with Crippen molar-refractivity contribution in [1.82, 2.24) is 0 Å². The van der Waals surface area contributed by atoms with Crippen LogP contribution in [-0.2, 0) is 18.7 Å². The van der Waals surface area contributed by atoms with Crippen molar-refractivity contribution in [1.29, 1.82) is 0 Å². The monoisotopic (exact) mass is 329 g/mol. The van der Waals surface area contributed by atoms with Gasteiger partial charge in [-0.1, -0.05) is 30.4 Å². The van der Waals surface area contributed by atoms with Crippen molar-refractivity contribution in [3.05, 3.63) is 76.4 Å². The van der Waals surface area contributed by atoms with Crippen molar-refractivity contribution in [3.63, 3.8) is 0 Å². The van der Waals surface area contributed by atoms with Crippen LogP contribution in [-0.4, -0.2) is 3.81 Å². The van der Waals surface area contributed by atoms with Crippen LogP contribution in [0.15, 0.2) is 76.4 Å². The third kappa shape index (κ3) is 8.12. The van der Waals surface area contributed by atoms with Crippen molar-refractivity contribution in [2.75, 3.05) is 0 Å². The molecule has 0 atom stereocenters. The molecule has 0 amide bonds. The molecule has 0 spiro atoms. The molecule has 2 heteroatoms. The zero-order valence-corrected chi connectivity index (χ0v) is 15.6. The predicted octanol–water partition coefficient (Wildman–Crippen LogP) is 5.67. The molecule has 0 saturated carbocycles. The number of rotatable bonds is 4. The van der Waals surface area contributed by atoms with Gasteiger partial charge in [0.05, 0.1) is 6.26 Å². The summed E-state index contributed by atoms with van der Waals surface area (Å²) in [4.78, 5) is 0. The van der Waals surface area contributed by atoms with E-state index in [9.17, 15) is 0 Å². The fraction of sp³-hybridized carbons (Fsp3) is 0.250. The van der Waals surface area contributed by atoms with E-state index < -0.39 is 0 Å². The van der Waals surface area contributed by atoms with E-state index in [0.29, 0.717) is 0 Å². The summed E-state index contributed by atoms with van der Waals surface area (Å²) in [6.45, 7) is 12.2. The summed E-state index contributed by atoms with van der Waals surface area (Å²) in [7, 11) is 0. The summed E-state index contributed by atoms with van der Waals surface area (Å²) in [5.74, 6) is 0.850. The maximum absolute atomic E-state index is 5.41. The van der Waals surface area contributed by atoms with Crippen LogP contribution in [0.3, 0.4) is 0 Å². The summed E-state index contributed by atoms with van der Waals surface area (Å²) in [5, 5.41) is 0. The zero-order valence-electron chi connectivity index (χ0n) is 14.0. The summed E-state index contributed by atoms with van der Waals surface area (Å²) in [6, 6.07) is 9.69. The molecular formula is C20H25OTi. The van der Waals surface area contributed by atoms with Gasteiger partial charge in [-0.05, 0) is 31.6 Å². The van der Waals surface area contributed by atoms with Crippen LogP contribution in [0, 0.1) is 0 Å². The molecule has 0 aliphatic heterocycles. The Labute approximate surface area is 143 Å². The third-order valence-corrected chi connectivity index (χ3v) is 4.83. The van der Waals surface area contributed by atoms with Crippen LogP contribution in [0.5, 0.6) is 5.75 Å². The number of allylic oxidation sites excluding steroid dienone is 6. The van der Waals surface area contributed by atoms with E-state index in [1.54, 1.807) is 14.0 Å². The molecule has 22 heavy (non-hydrogen) atoms. The van der Waals surface area contributed by atoms with Crippen molar-refractivity contribution in [2.24, 2.45) is 0 Å². The molecule has 1 aliphatic carbocycles. The topological polar surface area (TPSA) is 9.23 Å². The fourth-order valence-electron chi connectivity index (χ4n) is 1.62. The number of hydrogen-bond donors (Lipinski definition) is 0. The molecule has 1 aromatic rings. The summed E-state index contributed by atoms with van der Waals surface area (Å²) in [6.07, 6.45) is 9.62. The Kier molecular flexibility index (Phi) is 8.73. The first-order valence-corrected chi connectivity index (χ1v) is 9.02. The maximum atomic E-state index is 5.41. The van der Waals surface area contributed by atoms with Crippen LogP contribution in [0.2, 0.25) is 0 Å². The molecule has 0 heterocycles. The Hall–Kier alpha value is -1.44. The number of para-hydroxylation sites is 1. The Bertz CT molecular complexity index is 600. The molecule has 0 fully saturated rings. The normalized spacial score (nSPS) is 12.7. The Balaban J connectivity index is 0.000000235. The number of ether oxygens (including phenoxy) is 1. The molecule has 0 bridgehead atoms. The molecule has 115 valence electrons. The SMILES string of the molecule is C=C(C)C(C)=COc1ccccc1.C[C](C)=[Ti][C]1=CC=CC1. The van der Waals surface area contributed by atoms with E-state index in [-0.39, 0.29) is 18.7 Å². The van der Waals surface area contributed by atoms with E-state index in [1.807, 2.05) is 44.2 Å². The Morgan fingerprint density at radius 2 is 1.82 bits per heavy atom. The second kappa shape index (κ2) is 10.3. The standard InChI is InChI=1S/C12H14O.C5H5.C3H6.Ti/c1-10(2)11(3)9-13-12-7-5-4-6-8-12;1-2-4-5-3-1;1-3-2;/h4-9H,1H2,2-3H3;1-3H,4H2;1-2H3;. The second-order valence-corrected chi connectivity index (χ2v) is 8.42. The van der Waals surface area contributed by atoms with E-state index in [1.165, 1.54) is 6.42 Å². The molecule has 1 aliphatic rings. The van der Waals surface area contributed by atoms with Crippen LogP contribution in [0.25, 0.3) is 0 Å². The zero-order chi connectivity index (χ0) is 16.4. The molecule has 0 unspecified atom stereocenters. The number of hydrogen-bond acceptors (Lipinski definition) is 1. The number of benzene rings is 1. The van der Waals surface area contributed by atoms with E-state index in [2.05, 4.69) is 38.7 Å². The van der Waals surface area contributed by atoms with Crippen LogP contribution in [0.4, 0.5) is 0 Å². The van der Waals surface area contributed by atoms with Crippen molar-refractivity contribution < 1.29 is 23.4 Å². The quantitative estimate of drug-likeness (QED) is 0.393. The predicted molar refractivity (Wildman–Crippen MR) is 93.8 cm³/mol. The summed E-state index contributed by atoms with van der Waals surface area (Å²) in [5.41, 5.74) is 2.08. The van der Waals surface area contributed by atoms with Gasteiger partial charge in [0.15, 0.2) is 0 Å². The van der Waals surface area contributed by atoms with Crippen molar-refractivity contribution in [3.8, 4) is 5.75 Å². The van der Waals surface area contributed by atoms with Gasteiger partial charge in [-0.3, -0.25) is 0 Å². The van der Waals surface area contributed by atoms with Crippen molar-refractivity contribution in [2.45, 2.75) is 34.1 Å². The average Bonchev–Trinajstić information content (AvgIpc) is 2.98. The van der Waals surface area contributed by atoms with Gasteiger partial charge in [-0.2, -0.15) is 0 Å². The molecule has 0 aromatic heterocycles. The first kappa shape index (κ1) is 18.6. The van der Waals surface area contributed by atoms with E-state index in [4.69, 9.17) is 4.74 Å². The minimum absolute atomic E-state index is 0.153. The average molecular weight is 329 g/mol. The van der Waals surface area contributed by atoms with Gasteiger partial charge < -0.3 is 4.74 Å². The third-order valence-electron chi connectivity index (χ3n) is 2.97. The molecule has 0 saturated heterocycles. The van der Waals surface area contributed by atoms with Gasteiger partial charge >= 0.3 is 64.9 Å². The fourth-order valence-corrected chi connectivity index (χ4v) is 3.24. The summed E-state index contributed by atoms with van der Waals surface area (Å²) >= 11 is 0.153. The van der Waals surface area contributed by atoms with Crippen molar-refractivity contribution >= 4 is 3.81 Å². The molecule has 0 N–H and O–H groups in total. The first-order valence-electron chi connectivity index (χ1n) is 7.46. The van der Waals surface area contributed by atoms with Crippen LogP contribution >= 0.6 is 0 Å². The molecule has 2 rings (SSSR count). The molecular weight excluding hydrogens is 304 g/mol. The van der Waals surface area contributed by atoms with Crippen LogP contribution in [0.1, 0.15) is 34.1 Å². The Morgan fingerprint density at radius 1 is 1.14 bits per heavy atom. The van der Waals surface area contributed by atoms with Gasteiger partial charge in [0.2, 0.25) is 0 Å². The molecule has 1 aromatic carbocycles. The summed E-state index contributed by atoms with van der Waals surface area (Å²) < 4.78 is 8.71. The van der Waals surface area contributed by atoms with Gasteiger partial charge in [0.1, 0.15) is 5.75 Å². The van der Waals surface area contributed by atoms with E-state index in [0.717, 1.165) is 16.9 Å². The van der Waals surface area contributed by atoms with Gasteiger partial charge in [0, 0.05) is 0 Å². The molecule has 0 radical (unpaired) electrons. The second-order valence-electron chi connectivity index (χ2n) is 5.46. The van der Waals surface area contributed by atoms with Gasteiger partial charge in [-0.15, -0.1) is 0 Å². The minimum atomic E-state index is 0.153. The van der Waals surface area contributed by atoms with Crippen LogP contribution < -0.4 is 4.74 Å². The van der Waals surface area contributed by atoms with E-state index >= 15 is 0 Å². The molecule has 1 nitrogen and oxygen atoms in total. The Morgan fingerprint density at radius 3 is 2.32 bits per heavy atom. The first-order chi connectivity index (χ1) is 10.5. The van der Waals surface area contributed by atoms with Gasteiger partial charge in [0.25, 0.3) is 0 Å².